The fourth-order valence-electron chi connectivity index (χ4n) is 1.57. The van der Waals surface area contributed by atoms with Gasteiger partial charge in [0, 0.05) is 22.5 Å². The Labute approximate surface area is 112 Å². The van der Waals surface area contributed by atoms with Crippen molar-refractivity contribution in [2.45, 2.75) is 6.10 Å². The van der Waals surface area contributed by atoms with E-state index >= 15 is 0 Å². The highest BCUT2D eigenvalue weighted by Gasteiger charge is 2.28. The summed E-state index contributed by atoms with van der Waals surface area (Å²) in [6.07, 6.45) is 2.92. The van der Waals surface area contributed by atoms with E-state index in [0.717, 1.165) is 3.57 Å². The summed E-state index contributed by atoms with van der Waals surface area (Å²) in [6.45, 7) is 1.57. The van der Waals surface area contributed by atoms with Gasteiger partial charge >= 0.3 is 5.97 Å². The van der Waals surface area contributed by atoms with Crippen molar-refractivity contribution in [3.63, 3.8) is 0 Å². The Kier molecular flexibility index (Phi) is 4.11. The predicted molar refractivity (Wildman–Crippen MR) is 68.7 cm³/mol. The number of methoxy groups -OCH3 is 1. The van der Waals surface area contributed by atoms with Crippen LogP contribution in [0.5, 0.6) is 0 Å². The van der Waals surface area contributed by atoms with Crippen LogP contribution >= 0.6 is 22.6 Å². The van der Waals surface area contributed by atoms with Gasteiger partial charge in [0.05, 0.1) is 20.3 Å². The summed E-state index contributed by atoms with van der Waals surface area (Å²) >= 11 is 2.15. The van der Waals surface area contributed by atoms with Crippen molar-refractivity contribution in [1.29, 1.82) is 0 Å². The summed E-state index contributed by atoms with van der Waals surface area (Å²) in [7, 11) is 1.35. The lowest BCUT2D eigenvalue weighted by molar-refractivity contribution is -0.154. The first-order valence-corrected chi connectivity index (χ1v) is 6.20. The van der Waals surface area contributed by atoms with Crippen molar-refractivity contribution in [1.82, 2.24) is 9.97 Å². The van der Waals surface area contributed by atoms with Crippen LogP contribution in [-0.4, -0.2) is 48.8 Å². The number of morpholine rings is 1. The van der Waals surface area contributed by atoms with E-state index in [9.17, 15) is 4.79 Å². The molecule has 1 aromatic heterocycles. The molecule has 0 amide bonds. The maximum atomic E-state index is 11.4. The Balaban J connectivity index is 2.06. The van der Waals surface area contributed by atoms with Crippen molar-refractivity contribution in [2.24, 2.45) is 0 Å². The van der Waals surface area contributed by atoms with E-state index in [1.165, 1.54) is 7.11 Å². The Hall–Kier alpha value is -0.960. The zero-order chi connectivity index (χ0) is 12.3. The van der Waals surface area contributed by atoms with E-state index < -0.39 is 6.10 Å². The number of hydrogen-bond acceptors (Lipinski definition) is 6. The van der Waals surface area contributed by atoms with Gasteiger partial charge in [-0.25, -0.2) is 14.8 Å². The summed E-state index contributed by atoms with van der Waals surface area (Å²) in [4.78, 5) is 21.7. The number of esters is 1. The minimum absolute atomic E-state index is 0.361. The second-order valence-electron chi connectivity index (χ2n) is 3.53. The van der Waals surface area contributed by atoms with Crippen LogP contribution in [-0.2, 0) is 14.3 Å². The molecule has 1 aliphatic rings. The second-order valence-corrected chi connectivity index (χ2v) is 4.78. The number of anilines is 1. The summed E-state index contributed by atoms with van der Waals surface area (Å²) in [5, 5.41) is 0. The first-order chi connectivity index (χ1) is 8.20. The standard InChI is InChI=1S/C10H12IN3O3/c1-16-9(15)8-6-14(2-3-17-8)10-12-4-7(11)5-13-10/h4-5,8H,2-3,6H2,1H3. The molecule has 92 valence electrons. The Morgan fingerprint density at radius 1 is 1.59 bits per heavy atom. The van der Waals surface area contributed by atoms with Crippen molar-refractivity contribution in [2.75, 3.05) is 31.7 Å². The van der Waals surface area contributed by atoms with E-state index in [0.29, 0.717) is 25.6 Å². The molecule has 0 saturated carbocycles. The highest BCUT2D eigenvalue weighted by Crippen LogP contribution is 2.13. The normalized spacial score (nSPS) is 20.1. The predicted octanol–water partition coefficient (Wildman–Crippen LogP) is 0.459. The molecular formula is C10H12IN3O3. The van der Waals surface area contributed by atoms with Gasteiger partial charge < -0.3 is 14.4 Å². The molecule has 1 saturated heterocycles. The third-order valence-corrected chi connectivity index (χ3v) is 2.98. The SMILES string of the molecule is COC(=O)C1CN(c2ncc(I)cn2)CCO1. The summed E-state index contributed by atoms with van der Waals surface area (Å²) < 4.78 is 11.0. The Morgan fingerprint density at radius 3 is 2.94 bits per heavy atom. The van der Waals surface area contributed by atoms with Gasteiger partial charge in [-0.05, 0) is 22.6 Å². The molecule has 0 radical (unpaired) electrons. The fraction of sp³-hybridized carbons (Fsp3) is 0.500. The van der Waals surface area contributed by atoms with E-state index in [-0.39, 0.29) is 5.97 Å². The number of aromatic nitrogens is 2. The van der Waals surface area contributed by atoms with Crippen LogP contribution in [0.4, 0.5) is 5.95 Å². The molecule has 6 nitrogen and oxygen atoms in total. The van der Waals surface area contributed by atoms with Gasteiger partial charge in [0.25, 0.3) is 0 Å². The molecular weight excluding hydrogens is 337 g/mol. The molecule has 1 atom stereocenters. The maximum absolute atomic E-state index is 11.4. The largest absolute Gasteiger partial charge is 0.467 e. The van der Waals surface area contributed by atoms with Crippen molar-refractivity contribution >= 4 is 34.5 Å². The average Bonchev–Trinajstić information content (AvgIpc) is 2.39. The van der Waals surface area contributed by atoms with E-state index in [1.54, 1.807) is 12.4 Å². The molecule has 0 N–H and O–H groups in total. The fourth-order valence-corrected chi connectivity index (χ4v) is 1.85. The molecule has 0 spiro atoms. The quantitative estimate of drug-likeness (QED) is 0.571. The molecule has 17 heavy (non-hydrogen) atoms. The molecule has 2 heterocycles. The molecule has 2 rings (SSSR count). The molecule has 1 aromatic rings. The van der Waals surface area contributed by atoms with Gasteiger partial charge in [-0.15, -0.1) is 0 Å². The summed E-state index contributed by atoms with van der Waals surface area (Å²) in [5.41, 5.74) is 0. The first-order valence-electron chi connectivity index (χ1n) is 5.12. The number of ether oxygens (including phenoxy) is 2. The zero-order valence-corrected chi connectivity index (χ0v) is 11.5. The van der Waals surface area contributed by atoms with Gasteiger partial charge in [-0.1, -0.05) is 0 Å². The van der Waals surface area contributed by atoms with Gasteiger partial charge in [-0.3, -0.25) is 0 Å². The highest BCUT2D eigenvalue weighted by atomic mass is 127. The minimum Gasteiger partial charge on any atom is -0.467 e. The van der Waals surface area contributed by atoms with E-state index in [2.05, 4.69) is 37.3 Å². The third kappa shape index (κ3) is 3.03. The molecule has 1 unspecified atom stereocenters. The van der Waals surface area contributed by atoms with Crippen molar-refractivity contribution in [3.05, 3.63) is 16.0 Å². The van der Waals surface area contributed by atoms with Crippen LogP contribution in [0.15, 0.2) is 12.4 Å². The molecule has 7 heteroatoms. The first kappa shape index (κ1) is 12.5. The van der Waals surface area contributed by atoms with Crippen molar-refractivity contribution < 1.29 is 14.3 Å². The number of hydrogen-bond donors (Lipinski definition) is 0. The Morgan fingerprint density at radius 2 is 2.29 bits per heavy atom. The number of carbonyl (C=O) groups is 1. The van der Waals surface area contributed by atoms with Crippen LogP contribution in [0.1, 0.15) is 0 Å². The summed E-state index contributed by atoms with van der Waals surface area (Å²) in [6, 6.07) is 0. The van der Waals surface area contributed by atoms with Crippen LogP contribution in [0, 0.1) is 3.57 Å². The number of carbonyl (C=O) groups excluding carboxylic acids is 1. The summed E-state index contributed by atoms with van der Waals surface area (Å²) in [5.74, 6) is 0.253. The molecule has 0 aromatic carbocycles. The lowest BCUT2D eigenvalue weighted by Crippen LogP contribution is -2.47. The lowest BCUT2D eigenvalue weighted by atomic mass is 10.3. The topological polar surface area (TPSA) is 64.5 Å². The smallest absolute Gasteiger partial charge is 0.336 e. The van der Waals surface area contributed by atoms with Crippen LogP contribution in [0.25, 0.3) is 0 Å². The van der Waals surface area contributed by atoms with Crippen LogP contribution in [0.2, 0.25) is 0 Å². The highest BCUT2D eigenvalue weighted by molar-refractivity contribution is 14.1. The molecule has 0 aliphatic carbocycles. The monoisotopic (exact) mass is 349 g/mol. The molecule has 0 bridgehead atoms. The van der Waals surface area contributed by atoms with E-state index in [4.69, 9.17) is 4.74 Å². The average molecular weight is 349 g/mol. The van der Waals surface area contributed by atoms with E-state index in [1.807, 2.05) is 4.90 Å². The Bertz CT molecular complexity index is 398. The zero-order valence-electron chi connectivity index (χ0n) is 9.30. The lowest BCUT2D eigenvalue weighted by Gasteiger charge is -2.31. The van der Waals surface area contributed by atoms with Crippen molar-refractivity contribution in [3.8, 4) is 0 Å². The van der Waals surface area contributed by atoms with Crippen LogP contribution in [0.3, 0.4) is 0 Å². The van der Waals surface area contributed by atoms with Gasteiger partial charge in [0.1, 0.15) is 0 Å². The van der Waals surface area contributed by atoms with Gasteiger partial charge in [-0.2, -0.15) is 0 Å². The van der Waals surface area contributed by atoms with Crippen LogP contribution < -0.4 is 4.90 Å². The second kappa shape index (κ2) is 5.58. The number of nitrogens with zero attached hydrogens (tertiary/aromatic N) is 3. The molecule has 1 fully saturated rings. The third-order valence-electron chi connectivity index (χ3n) is 2.42. The molecule has 1 aliphatic heterocycles. The number of halogens is 1. The van der Waals surface area contributed by atoms with Gasteiger partial charge in [0.15, 0.2) is 6.10 Å². The van der Waals surface area contributed by atoms with Gasteiger partial charge in [0.2, 0.25) is 5.95 Å². The minimum atomic E-state index is -0.559. The maximum Gasteiger partial charge on any atom is 0.336 e. The number of rotatable bonds is 2.